The van der Waals surface area contributed by atoms with E-state index in [-0.39, 0.29) is 12.5 Å². The van der Waals surface area contributed by atoms with Crippen molar-refractivity contribution >= 4 is 40.3 Å². The number of anilines is 3. The number of nitrogens with one attached hydrogen (secondary N) is 1. The van der Waals surface area contributed by atoms with Crippen molar-refractivity contribution < 1.29 is 4.79 Å². The first kappa shape index (κ1) is 22.0. The second-order valence-corrected chi connectivity index (χ2v) is 8.63. The molecule has 9 nitrogen and oxygen atoms in total. The molecular formula is C24H24ClN7O2. The van der Waals surface area contributed by atoms with Gasteiger partial charge in [-0.05, 0) is 36.8 Å². The lowest BCUT2D eigenvalue weighted by Gasteiger charge is -2.36. The summed E-state index contributed by atoms with van der Waals surface area (Å²) in [4.78, 5) is 34.4. The third-order valence-corrected chi connectivity index (χ3v) is 6.19. The zero-order chi connectivity index (χ0) is 23.7. The van der Waals surface area contributed by atoms with E-state index >= 15 is 0 Å². The number of hydrogen-bond acceptors (Lipinski definition) is 6. The van der Waals surface area contributed by atoms with Crippen molar-refractivity contribution in [1.29, 1.82) is 0 Å². The lowest BCUT2D eigenvalue weighted by atomic mass is 10.2. The maximum absolute atomic E-state index is 12.9. The van der Waals surface area contributed by atoms with Crippen LogP contribution in [0.4, 0.5) is 17.2 Å². The number of aryl methyl sites for hydroxylation is 1. The second kappa shape index (κ2) is 9.18. The minimum atomic E-state index is -0.397. The molecule has 1 aliphatic heterocycles. The van der Waals surface area contributed by atoms with Gasteiger partial charge in [-0.1, -0.05) is 35.9 Å². The molecule has 1 N–H and O–H groups in total. The van der Waals surface area contributed by atoms with Crippen LogP contribution in [0.25, 0.3) is 5.65 Å². The average Bonchev–Trinajstić information content (AvgIpc) is 3.17. The molecule has 34 heavy (non-hydrogen) atoms. The monoisotopic (exact) mass is 477 g/mol. The number of hydrogen-bond donors (Lipinski definition) is 1. The largest absolute Gasteiger partial charge is 0.368 e. The summed E-state index contributed by atoms with van der Waals surface area (Å²) in [5.74, 6) is 0.246. The van der Waals surface area contributed by atoms with E-state index in [0.29, 0.717) is 22.2 Å². The lowest BCUT2D eigenvalue weighted by molar-refractivity contribution is -0.117. The second-order valence-electron chi connectivity index (χ2n) is 8.23. The number of carbonyl (C=O) groups is 1. The summed E-state index contributed by atoms with van der Waals surface area (Å²) in [5, 5.41) is 7.62. The number of nitrogens with zero attached hydrogens (tertiary/aromatic N) is 6. The normalized spacial score (nSPS) is 13.9. The Balaban J connectivity index is 1.33. The average molecular weight is 478 g/mol. The van der Waals surface area contributed by atoms with Gasteiger partial charge < -0.3 is 15.1 Å². The molecule has 0 bridgehead atoms. The lowest BCUT2D eigenvalue weighted by Crippen LogP contribution is -2.47. The van der Waals surface area contributed by atoms with Gasteiger partial charge in [0.05, 0.1) is 10.7 Å². The van der Waals surface area contributed by atoms with Gasteiger partial charge in [0.2, 0.25) is 11.6 Å². The van der Waals surface area contributed by atoms with Crippen LogP contribution in [0.1, 0.15) is 5.56 Å². The number of piperazine rings is 1. The van der Waals surface area contributed by atoms with Crippen molar-refractivity contribution in [3.8, 4) is 0 Å². The van der Waals surface area contributed by atoms with Crippen LogP contribution in [0.3, 0.4) is 0 Å². The van der Waals surface area contributed by atoms with Gasteiger partial charge in [-0.2, -0.15) is 0 Å². The molecule has 1 saturated heterocycles. The van der Waals surface area contributed by atoms with Gasteiger partial charge in [0.1, 0.15) is 6.54 Å². The summed E-state index contributed by atoms with van der Waals surface area (Å²) in [6, 6.07) is 15.6. The first-order valence-electron chi connectivity index (χ1n) is 11.0. The Hall–Kier alpha value is -3.85. The zero-order valence-corrected chi connectivity index (χ0v) is 19.4. The van der Waals surface area contributed by atoms with Gasteiger partial charge in [0.25, 0.3) is 0 Å². The molecule has 5 rings (SSSR count). The molecule has 0 spiro atoms. The molecule has 0 unspecified atom stereocenters. The highest BCUT2D eigenvalue weighted by Gasteiger charge is 2.23. The Bertz CT molecular complexity index is 1390. The topological polar surface area (TPSA) is 87.8 Å². The van der Waals surface area contributed by atoms with Crippen molar-refractivity contribution in [1.82, 2.24) is 19.2 Å². The highest BCUT2D eigenvalue weighted by Crippen LogP contribution is 2.23. The molecule has 3 heterocycles. The maximum atomic E-state index is 12.9. The highest BCUT2D eigenvalue weighted by atomic mass is 35.5. The number of amides is 1. The van der Waals surface area contributed by atoms with Crippen LogP contribution in [0.15, 0.2) is 65.7 Å². The van der Waals surface area contributed by atoms with Crippen LogP contribution in [0, 0.1) is 6.92 Å². The van der Waals surface area contributed by atoms with E-state index in [1.54, 1.807) is 24.5 Å². The van der Waals surface area contributed by atoms with Gasteiger partial charge in [-0.25, -0.2) is 18.9 Å². The van der Waals surface area contributed by atoms with Gasteiger partial charge in [0, 0.05) is 44.3 Å². The number of rotatable bonds is 5. The Morgan fingerprint density at radius 3 is 2.53 bits per heavy atom. The molecule has 1 aliphatic rings. The Morgan fingerprint density at radius 2 is 1.79 bits per heavy atom. The number of aromatic nitrogens is 4. The molecule has 10 heteroatoms. The molecule has 2 aromatic heterocycles. The standard InChI is InChI=1S/C24H24ClN7O2/c1-17-7-8-20(19(25)15-17)27-21(33)16-32-24(34)31-10-9-26-22(23(31)28-32)30-13-11-29(12-14-30)18-5-3-2-4-6-18/h2-10,15H,11-14,16H2,1H3,(H,27,33). The highest BCUT2D eigenvalue weighted by molar-refractivity contribution is 6.33. The van der Waals surface area contributed by atoms with Gasteiger partial charge in [0.15, 0.2) is 5.82 Å². The summed E-state index contributed by atoms with van der Waals surface area (Å²) in [7, 11) is 0. The quantitative estimate of drug-likeness (QED) is 0.475. The van der Waals surface area contributed by atoms with E-state index in [2.05, 4.69) is 37.3 Å². The number of carbonyl (C=O) groups excluding carboxylic acids is 1. The number of halogens is 1. The van der Waals surface area contributed by atoms with Gasteiger partial charge >= 0.3 is 5.69 Å². The minimum absolute atomic E-state index is 0.230. The van der Waals surface area contributed by atoms with E-state index < -0.39 is 5.69 Å². The van der Waals surface area contributed by atoms with Crippen LogP contribution in [0.5, 0.6) is 0 Å². The van der Waals surface area contributed by atoms with Crippen molar-refractivity contribution in [2.24, 2.45) is 0 Å². The van der Waals surface area contributed by atoms with Crippen molar-refractivity contribution in [3.63, 3.8) is 0 Å². The summed E-state index contributed by atoms with van der Waals surface area (Å²) < 4.78 is 2.58. The third-order valence-electron chi connectivity index (χ3n) is 5.88. The van der Waals surface area contributed by atoms with Crippen LogP contribution in [0.2, 0.25) is 5.02 Å². The van der Waals surface area contributed by atoms with Crippen LogP contribution in [-0.2, 0) is 11.3 Å². The number of fused-ring (bicyclic) bond motifs is 1. The Kier molecular flexibility index (Phi) is 5.93. The Labute approximate surface area is 201 Å². The fourth-order valence-electron chi connectivity index (χ4n) is 4.12. The smallest absolute Gasteiger partial charge is 0.350 e. The molecule has 0 aliphatic carbocycles. The predicted octanol–water partition coefficient (Wildman–Crippen LogP) is 2.82. The summed E-state index contributed by atoms with van der Waals surface area (Å²) in [6.45, 7) is 4.84. The first-order chi connectivity index (χ1) is 16.5. The maximum Gasteiger partial charge on any atom is 0.350 e. The molecular weight excluding hydrogens is 454 g/mol. The van der Waals surface area contributed by atoms with Gasteiger partial charge in [-0.3, -0.25) is 4.79 Å². The molecule has 174 valence electrons. The van der Waals surface area contributed by atoms with Crippen LogP contribution in [-0.4, -0.2) is 51.3 Å². The molecule has 0 atom stereocenters. The Morgan fingerprint density at radius 1 is 1.06 bits per heavy atom. The molecule has 4 aromatic rings. The van der Waals surface area contributed by atoms with E-state index in [9.17, 15) is 9.59 Å². The first-order valence-corrected chi connectivity index (χ1v) is 11.4. The summed E-state index contributed by atoms with van der Waals surface area (Å²) in [6.07, 6.45) is 3.16. The van der Waals surface area contributed by atoms with E-state index in [1.807, 2.05) is 31.2 Å². The predicted molar refractivity (Wildman–Crippen MR) is 133 cm³/mol. The summed E-state index contributed by atoms with van der Waals surface area (Å²) >= 11 is 6.21. The third kappa shape index (κ3) is 4.34. The summed E-state index contributed by atoms with van der Waals surface area (Å²) in [5.41, 5.74) is 2.71. The van der Waals surface area contributed by atoms with Crippen LogP contribution >= 0.6 is 11.6 Å². The molecule has 0 saturated carbocycles. The minimum Gasteiger partial charge on any atom is -0.368 e. The van der Waals surface area contributed by atoms with Gasteiger partial charge in [-0.15, -0.1) is 5.10 Å². The fraction of sp³-hybridized carbons (Fsp3) is 0.250. The molecule has 1 amide bonds. The number of benzene rings is 2. The van der Waals surface area contributed by atoms with E-state index in [4.69, 9.17) is 11.6 Å². The molecule has 0 radical (unpaired) electrons. The number of para-hydroxylation sites is 1. The van der Waals surface area contributed by atoms with Crippen LogP contribution < -0.4 is 20.8 Å². The van der Waals surface area contributed by atoms with E-state index in [0.717, 1.165) is 36.4 Å². The SMILES string of the molecule is Cc1ccc(NC(=O)Cn2nc3c(N4CCN(c5ccccc5)CC4)nccn3c2=O)c(Cl)c1. The fourth-order valence-corrected chi connectivity index (χ4v) is 4.41. The molecule has 2 aromatic carbocycles. The van der Waals surface area contributed by atoms with E-state index in [1.165, 1.54) is 10.1 Å². The molecule has 1 fully saturated rings. The van der Waals surface area contributed by atoms with Crippen molar-refractivity contribution in [3.05, 3.63) is 82.0 Å². The van der Waals surface area contributed by atoms with Crippen molar-refractivity contribution in [2.75, 3.05) is 41.3 Å². The zero-order valence-electron chi connectivity index (χ0n) is 18.7. The van der Waals surface area contributed by atoms with Crippen molar-refractivity contribution in [2.45, 2.75) is 13.5 Å².